The number of anilines is 1. The van der Waals surface area contributed by atoms with Crippen LogP contribution < -0.4 is 5.32 Å². The average Bonchev–Trinajstić information content (AvgIpc) is 3.30. The second-order valence-corrected chi connectivity index (χ2v) is 6.14. The van der Waals surface area contributed by atoms with E-state index in [1.807, 2.05) is 55.6 Å². The summed E-state index contributed by atoms with van der Waals surface area (Å²) in [6, 6.07) is 13.7. The van der Waals surface area contributed by atoms with Gasteiger partial charge in [0, 0.05) is 24.4 Å². The topological polar surface area (TPSA) is 59.8 Å². The summed E-state index contributed by atoms with van der Waals surface area (Å²) in [5.41, 5.74) is 3.21. The molecule has 0 saturated heterocycles. The van der Waals surface area contributed by atoms with Crippen molar-refractivity contribution in [3.8, 4) is 5.69 Å². The minimum atomic E-state index is 0.00872. The third kappa shape index (κ3) is 2.69. The van der Waals surface area contributed by atoms with Gasteiger partial charge in [0.1, 0.15) is 5.82 Å². The van der Waals surface area contributed by atoms with Crippen molar-refractivity contribution < 1.29 is 4.79 Å². The summed E-state index contributed by atoms with van der Waals surface area (Å²) < 4.78 is 1.77. The fraction of sp³-hybridized carbons (Fsp3) is 0.211. The van der Waals surface area contributed by atoms with Crippen molar-refractivity contribution in [1.82, 2.24) is 14.8 Å². The number of aromatic nitrogens is 3. The number of hydrogen-bond acceptors (Lipinski definition) is 3. The maximum atomic E-state index is 12.6. The Hall–Kier alpha value is -2.95. The molecule has 120 valence electrons. The van der Waals surface area contributed by atoms with E-state index in [1.54, 1.807) is 17.1 Å². The monoisotopic (exact) mass is 318 g/mol. The second kappa shape index (κ2) is 5.92. The highest BCUT2D eigenvalue weighted by Crippen LogP contribution is 2.47. The molecule has 1 amide bonds. The lowest BCUT2D eigenvalue weighted by Crippen LogP contribution is -2.17. The summed E-state index contributed by atoms with van der Waals surface area (Å²) in [5.74, 6) is 1.02. The van der Waals surface area contributed by atoms with E-state index in [0.717, 1.165) is 23.2 Å². The SMILES string of the molecule is Cc1ccccc1-n1nccc1NC(=O)[C@H]1C[C@H]1c1cccnc1. The quantitative estimate of drug-likeness (QED) is 0.803. The van der Waals surface area contributed by atoms with Crippen molar-refractivity contribution in [3.63, 3.8) is 0 Å². The lowest BCUT2D eigenvalue weighted by Gasteiger charge is -2.11. The van der Waals surface area contributed by atoms with Crippen LogP contribution in [0.1, 0.15) is 23.5 Å². The first-order valence-corrected chi connectivity index (χ1v) is 8.05. The van der Waals surface area contributed by atoms with Crippen molar-refractivity contribution >= 4 is 11.7 Å². The Morgan fingerprint density at radius 3 is 2.83 bits per heavy atom. The minimum Gasteiger partial charge on any atom is -0.310 e. The highest BCUT2D eigenvalue weighted by molar-refractivity contribution is 5.94. The molecule has 4 rings (SSSR count). The highest BCUT2D eigenvalue weighted by atomic mass is 16.2. The molecule has 2 atom stereocenters. The summed E-state index contributed by atoms with van der Waals surface area (Å²) in [7, 11) is 0. The van der Waals surface area contributed by atoms with Crippen LogP contribution in [0.5, 0.6) is 0 Å². The third-order valence-electron chi connectivity index (χ3n) is 4.48. The number of nitrogens with zero attached hydrogens (tertiary/aromatic N) is 3. The molecule has 0 unspecified atom stereocenters. The number of pyridine rings is 1. The molecule has 2 heterocycles. The molecule has 0 spiro atoms. The zero-order valence-corrected chi connectivity index (χ0v) is 13.4. The Morgan fingerprint density at radius 1 is 1.17 bits per heavy atom. The second-order valence-electron chi connectivity index (χ2n) is 6.14. The summed E-state index contributed by atoms with van der Waals surface area (Å²) in [6.45, 7) is 2.03. The van der Waals surface area contributed by atoms with Gasteiger partial charge >= 0.3 is 0 Å². The zero-order valence-electron chi connectivity index (χ0n) is 13.4. The predicted octanol–water partition coefficient (Wildman–Crippen LogP) is 3.32. The number of benzene rings is 1. The van der Waals surface area contributed by atoms with E-state index in [2.05, 4.69) is 15.4 Å². The van der Waals surface area contributed by atoms with Crippen LogP contribution in [-0.4, -0.2) is 20.7 Å². The van der Waals surface area contributed by atoms with Gasteiger partial charge < -0.3 is 5.32 Å². The van der Waals surface area contributed by atoms with Gasteiger partial charge in [-0.2, -0.15) is 5.10 Å². The molecular formula is C19H18N4O. The van der Waals surface area contributed by atoms with E-state index in [9.17, 15) is 4.79 Å². The highest BCUT2D eigenvalue weighted by Gasteiger charge is 2.44. The molecule has 24 heavy (non-hydrogen) atoms. The van der Waals surface area contributed by atoms with Crippen molar-refractivity contribution in [2.75, 3.05) is 5.32 Å². The number of carbonyl (C=O) groups is 1. The van der Waals surface area contributed by atoms with Crippen LogP contribution in [0.25, 0.3) is 5.69 Å². The molecule has 1 aliphatic rings. The van der Waals surface area contributed by atoms with Gasteiger partial charge in [0.2, 0.25) is 5.91 Å². The van der Waals surface area contributed by atoms with Crippen LogP contribution in [0.3, 0.4) is 0 Å². The van der Waals surface area contributed by atoms with Gasteiger partial charge in [0.15, 0.2) is 0 Å². The molecule has 5 nitrogen and oxygen atoms in total. The number of carbonyl (C=O) groups excluding carboxylic acids is 1. The van der Waals surface area contributed by atoms with Gasteiger partial charge in [-0.1, -0.05) is 24.3 Å². The van der Waals surface area contributed by atoms with Gasteiger partial charge in [-0.05, 0) is 42.5 Å². The van der Waals surface area contributed by atoms with Crippen LogP contribution in [0.2, 0.25) is 0 Å². The molecule has 5 heteroatoms. The van der Waals surface area contributed by atoms with Crippen molar-refractivity contribution in [2.24, 2.45) is 5.92 Å². The number of hydrogen-bond donors (Lipinski definition) is 1. The van der Waals surface area contributed by atoms with E-state index < -0.39 is 0 Å². The van der Waals surface area contributed by atoms with Gasteiger partial charge in [0.05, 0.1) is 11.9 Å². The first-order chi connectivity index (χ1) is 11.7. The molecule has 0 bridgehead atoms. The lowest BCUT2D eigenvalue weighted by atomic mass is 10.1. The number of aryl methyl sites for hydroxylation is 1. The van der Waals surface area contributed by atoms with Crippen molar-refractivity contribution in [1.29, 1.82) is 0 Å². The summed E-state index contributed by atoms with van der Waals surface area (Å²) >= 11 is 0. The third-order valence-corrected chi connectivity index (χ3v) is 4.48. The van der Waals surface area contributed by atoms with Crippen LogP contribution >= 0.6 is 0 Å². The maximum absolute atomic E-state index is 12.6. The number of amides is 1. The number of para-hydroxylation sites is 1. The predicted molar refractivity (Wildman–Crippen MR) is 92.0 cm³/mol. The van der Waals surface area contributed by atoms with Gasteiger partial charge in [-0.25, -0.2) is 4.68 Å². The molecule has 1 saturated carbocycles. The fourth-order valence-electron chi connectivity index (χ4n) is 3.06. The minimum absolute atomic E-state index is 0.00872. The van der Waals surface area contributed by atoms with E-state index in [1.165, 1.54) is 0 Å². The standard InChI is InChI=1S/C19H18N4O/c1-13-5-2-3-7-17(13)23-18(8-10-21-23)22-19(24)16-11-15(16)14-6-4-9-20-12-14/h2-10,12,15-16H,11H2,1H3,(H,22,24)/t15-,16-/m0/s1. The van der Waals surface area contributed by atoms with E-state index in [0.29, 0.717) is 5.82 Å². The molecule has 3 aromatic rings. The molecule has 1 fully saturated rings. The molecular weight excluding hydrogens is 300 g/mol. The first-order valence-electron chi connectivity index (χ1n) is 8.05. The number of rotatable bonds is 4. The molecule has 1 aliphatic carbocycles. The zero-order chi connectivity index (χ0) is 16.5. The first kappa shape index (κ1) is 14.6. The maximum Gasteiger partial charge on any atom is 0.229 e. The Balaban J connectivity index is 1.51. The van der Waals surface area contributed by atoms with Gasteiger partial charge in [-0.3, -0.25) is 9.78 Å². The van der Waals surface area contributed by atoms with Crippen LogP contribution in [-0.2, 0) is 4.79 Å². The van der Waals surface area contributed by atoms with Crippen LogP contribution in [0.15, 0.2) is 61.1 Å². The molecule has 0 radical (unpaired) electrons. The van der Waals surface area contributed by atoms with Crippen LogP contribution in [0, 0.1) is 12.8 Å². The average molecular weight is 318 g/mol. The Morgan fingerprint density at radius 2 is 2.04 bits per heavy atom. The summed E-state index contributed by atoms with van der Waals surface area (Å²) in [6.07, 6.45) is 6.17. The molecule has 2 aromatic heterocycles. The molecule has 1 N–H and O–H groups in total. The van der Waals surface area contributed by atoms with Crippen LogP contribution in [0.4, 0.5) is 5.82 Å². The van der Waals surface area contributed by atoms with Crippen molar-refractivity contribution in [3.05, 3.63) is 72.2 Å². The molecule has 1 aromatic carbocycles. The lowest BCUT2D eigenvalue weighted by molar-refractivity contribution is -0.117. The smallest absolute Gasteiger partial charge is 0.229 e. The molecule has 0 aliphatic heterocycles. The van der Waals surface area contributed by atoms with Crippen molar-refractivity contribution in [2.45, 2.75) is 19.3 Å². The Kier molecular flexibility index (Phi) is 3.61. The Bertz CT molecular complexity index is 872. The summed E-state index contributed by atoms with van der Waals surface area (Å²) in [4.78, 5) is 16.7. The largest absolute Gasteiger partial charge is 0.310 e. The normalized spacial score (nSPS) is 19.0. The van der Waals surface area contributed by atoms with E-state index >= 15 is 0 Å². The number of nitrogens with one attached hydrogen (secondary N) is 1. The Labute approximate surface area is 140 Å². The van der Waals surface area contributed by atoms with Gasteiger partial charge in [-0.15, -0.1) is 0 Å². The summed E-state index contributed by atoms with van der Waals surface area (Å²) in [5, 5.41) is 7.37. The van der Waals surface area contributed by atoms with Gasteiger partial charge in [0.25, 0.3) is 0 Å². The van der Waals surface area contributed by atoms with E-state index in [4.69, 9.17) is 0 Å². The fourth-order valence-corrected chi connectivity index (χ4v) is 3.06. The van der Waals surface area contributed by atoms with E-state index in [-0.39, 0.29) is 17.7 Å².